The van der Waals surface area contributed by atoms with Gasteiger partial charge in [0.2, 0.25) is 11.8 Å². The molecule has 1 saturated heterocycles. The Morgan fingerprint density at radius 2 is 2.00 bits per heavy atom. The maximum atomic E-state index is 13.0. The molecule has 5 nitrogen and oxygen atoms in total. The maximum absolute atomic E-state index is 13.0. The monoisotopic (exact) mass is 325 g/mol. The Bertz CT molecular complexity index is 365. The molecule has 0 saturated carbocycles. The van der Waals surface area contributed by atoms with E-state index in [0.717, 1.165) is 45.1 Å². The lowest BCUT2D eigenvalue weighted by molar-refractivity contribution is -0.142. The highest BCUT2D eigenvalue weighted by atomic mass is 16.2. The molecule has 5 heteroatoms. The van der Waals surface area contributed by atoms with E-state index in [2.05, 4.69) is 31.4 Å². The molecule has 0 radical (unpaired) electrons. The van der Waals surface area contributed by atoms with Gasteiger partial charge in [-0.2, -0.15) is 0 Å². The quantitative estimate of drug-likeness (QED) is 0.606. The third kappa shape index (κ3) is 6.50. The molecular formula is C18H35N3O2. The SMILES string of the molecule is CCCCCN(C(=O)[C@@H]1CCCN1)[C@@H](CC(C)C)C(=O)NCC. The molecule has 2 amide bonds. The molecule has 0 aromatic carbocycles. The van der Waals surface area contributed by atoms with Gasteiger partial charge in [-0.15, -0.1) is 0 Å². The van der Waals surface area contributed by atoms with Crippen molar-refractivity contribution in [3.8, 4) is 0 Å². The number of nitrogens with one attached hydrogen (secondary N) is 2. The predicted octanol–water partition coefficient (Wildman–Crippen LogP) is 2.31. The Labute approximate surface area is 141 Å². The van der Waals surface area contributed by atoms with Crippen molar-refractivity contribution >= 4 is 11.8 Å². The molecule has 0 unspecified atom stereocenters. The molecule has 1 aliphatic heterocycles. The van der Waals surface area contributed by atoms with Crippen molar-refractivity contribution < 1.29 is 9.59 Å². The summed E-state index contributed by atoms with van der Waals surface area (Å²) in [5, 5.41) is 6.20. The Kier molecular flexibility index (Phi) is 9.22. The van der Waals surface area contributed by atoms with Crippen LogP contribution in [0.4, 0.5) is 0 Å². The summed E-state index contributed by atoms with van der Waals surface area (Å²) in [5.41, 5.74) is 0. The number of likely N-dealkylation sites (N-methyl/N-ethyl adjacent to an activating group) is 1. The van der Waals surface area contributed by atoms with Crippen LogP contribution >= 0.6 is 0 Å². The highest BCUT2D eigenvalue weighted by molar-refractivity contribution is 5.90. The highest BCUT2D eigenvalue weighted by Crippen LogP contribution is 2.18. The molecule has 134 valence electrons. The molecule has 1 aliphatic rings. The van der Waals surface area contributed by atoms with Gasteiger partial charge >= 0.3 is 0 Å². The second-order valence-corrected chi connectivity index (χ2v) is 6.93. The summed E-state index contributed by atoms with van der Waals surface area (Å²) in [6.07, 6.45) is 5.80. The highest BCUT2D eigenvalue weighted by Gasteiger charge is 2.34. The number of amides is 2. The van der Waals surface area contributed by atoms with Crippen molar-refractivity contribution in [2.75, 3.05) is 19.6 Å². The third-order valence-electron chi connectivity index (χ3n) is 4.37. The standard InChI is InChI=1S/C18H35N3O2/c1-5-7-8-12-21(18(23)15-10-9-11-20-15)16(13-14(3)4)17(22)19-6-2/h14-16,20H,5-13H2,1-4H3,(H,19,22)/t15-,16-/m0/s1. The minimum absolute atomic E-state index is 0.0101. The second-order valence-electron chi connectivity index (χ2n) is 6.93. The van der Waals surface area contributed by atoms with Gasteiger partial charge in [0.1, 0.15) is 6.04 Å². The number of nitrogens with zero attached hydrogens (tertiary/aromatic N) is 1. The molecule has 1 fully saturated rings. The topological polar surface area (TPSA) is 61.4 Å². The summed E-state index contributed by atoms with van der Waals surface area (Å²) in [6.45, 7) is 10.5. The Morgan fingerprint density at radius 3 is 2.52 bits per heavy atom. The molecule has 0 bridgehead atoms. The van der Waals surface area contributed by atoms with Gasteiger partial charge in [0.25, 0.3) is 0 Å². The van der Waals surface area contributed by atoms with E-state index >= 15 is 0 Å². The van der Waals surface area contributed by atoms with E-state index in [0.29, 0.717) is 19.0 Å². The molecule has 0 aliphatic carbocycles. The average molecular weight is 325 g/mol. The van der Waals surface area contributed by atoms with Crippen LogP contribution in [0.3, 0.4) is 0 Å². The fourth-order valence-electron chi connectivity index (χ4n) is 3.16. The number of hydrogen-bond donors (Lipinski definition) is 2. The van der Waals surface area contributed by atoms with E-state index < -0.39 is 0 Å². The van der Waals surface area contributed by atoms with Crippen LogP contribution in [0.2, 0.25) is 0 Å². The number of unbranched alkanes of at least 4 members (excludes halogenated alkanes) is 2. The number of carbonyl (C=O) groups excluding carboxylic acids is 2. The van der Waals surface area contributed by atoms with Gasteiger partial charge in [-0.1, -0.05) is 33.6 Å². The Hall–Kier alpha value is -1.10. The normalized spacial score (nSPS) is 18.9. The third-order valence-corrected chi connectivity index (χ3v) is 4.37. The number of carbonyl (C=O) groups is 2. The summed E-state index contributed by atoms with van der Waals surface area (Å²) in [7, 11) is 0. The van der Waals surface area contributed by atoms with E-state index in [1.54, 1.807) is 0 Å². The van der Waals surface area contributed by atoms with Crippen LogP contribution in [0.25, 0.3) is 0 Å². The molecule has 0 aromatic rings. The minimum atomic E-state index is -0.346. The van der Waals surface area contributed by atoms with Gasteiger partial charge in [0.15, 0.2) is 0 Å². The van der Waals surface area contributed by atoms with Crippen molar-refractivity contribution in [2.24, 2.45) is 5.92 Å². The van der Waals surface area contributed by atoms with Crippen LogP contribution in [0, 0.1) is 5.92 Å². The van der Waals surface area contributed by atoms with Crippen LogP contribution in [0.5, 0.6) is 0 Å². The lowest BCUT2D eigenvalue weighted by atomic mass is 9.99. The molecule has 2 atom stereocenters. The van der Waals surface area contributed by atoms with Gasteiger partial charge in [0.05, 0.1) is 6.04 Å². The van der Waals surface area contributed by atoms with E-state index in [4.69, 9.17) is 0 Å². The fourth-order valence-corrected chi connectivity index (χ4v) is 3.16. The number of rotatable bonds is 10. The van der Waals surface area contributed by atoms with E-state index in [-0.39, 0.29) is 23.9 Å². The predicted molar refractivity (Wildman–Crippen MR) is 94.2 cm³/mol. The van der Waals surface area contributed by atoms with Gasteiger partial charge < -0.3 is 15.5 Å². The first-order valence-corrected chi connectivity index (χ1v) is 9.32. The van der Waals surface area contributed by atoms with Crippen LogP contribution in [-0.2, 0) is 9.59 Å². The molecule has 1 rings (SSSR count). The van der Waals surface area contributed by atoms with Crippen LogP contribution in [0.15, 0.2) is 0 Å². The molecule has 23 heavy (non-hydrogen) atoms. The summed E-state index contributed by atoms with van der Waals surface area (Å²) in [5.74, 6) is 0.472. The first-order valence-electron chi connectivity index (χ1n) is 9.32. The first-order chi connectivity index (χ1) is 11.0. The zero-order valence-corrected chi connectivity index (χ0v) is 15.4. The molecule has 1 heterocycles. The largest absolute Gasteiger partial charge is 0.355 e. The molecule has 0 aromatic heterocycles. The van der Waals surface area contributed by atoms with E-state index in [1.165, 1.54) is 0 Å². The van der Waals surface area contributed by atoms with Crippen molar-refractivity contribution in [2.45, 2.75) is 78.3 Å². The van der Waals surface area contributed by atoms with Crippen molar-refractivity contribution in [1.82, 2.24) is 15.5 Å². The Morgan fingerprint density at radius 1 is 1.26 bits per heavy atom. The van der Waals surface area contributed by atoms with Crippen molar-refractivity contribution in [3.63, 3.8) is 0 Å². The zero-order valence-electron chi connectivity index (χ0n) is 15.4. The van der Waals surface area contributed by atoms with Gasteiger partial charge in [-0.25, -0.2) is 0 Å². The minimum Gasteiger partial charge on any atom is -0.355 e. The van der Waals surface area contributed by atoms with Crippen molar-refractivity contribution in [3.05, 3.63) is 0 Å². The summed E-state index contributed by atoms with van der Waals surface area (Å²) < 4.78 is 0. The van der Waals surface area contributed by atoms with E-state index in [9.17, 15) is 9.59 Å². The summed E-state index contributed by atoms with van der Waals surface area (Å²) in [6, 6.07) is -0.456. The van der Waals surface area contributed by atoms with Crippen molar-refractivity contribution in [1.29, 1.82) is 0 Å². The first kappa shape index (κ1) is 19.9. The smallest absolute Gasteiger partial charge is 0.242 e. The average Bonchev–Trinajstić information content (AvgIpc) is 3.03. The molecule has 0 spiro atoms. The number of hydrogen-bond acceptors (Lipinski definition) is 3. The van der Waals surface area contributed by atoms with E-state index in [1.807, 2.05) is 11.8 Å². The zero-order chi connectivity index (χ0) is 17.2. The van der Waals surface area contributed by atoms with Crippen LogP contribution < -0.4 is 10.6 Å². The van der Waals surface area contributed by atoms with Gasteiger partial charge in [-0.3, -0.25) is 9.59 Å². The van der Waals surface area contributed by atoms with Gasteiger partial charge in [-0.05, 0) is 45.1 Å². The fraction of sp³-hybridized carbons (Fsp3) is 0.889. The summed E-state index contributed by atoms with van der Waals surface area (Å²) in [4.78, 5) is 27.4. The van der Waals surface area contributed by atoms with Crippen LogP contribution in [-0.4, -0.2) is 48.4 Å². The second kappa shape index (κ2) is 10.6. The lowest BCUT2D eigenvalue weighted by Crippen LogP contribution is -2.54. The lowest BCUT2D eigenvalue weighted by Gasteiger charge is -2.34. The van der Waals surface area contributed by atoms with Gasteiger partial charge in [0, 0.05) is 13.1 Å². The maximum Gasteiger partial charge on any atom is 0.242 e. The molecular weight excluding hydrogens is 290 g/mol. The van der Waals surface area contributed by atoms with Crippen LogP contribution in [0.1, 0.15) is 66.2 Å². The molecule has 2 N–H and O–H groups in total. The Balaban J connectivity index is 2.89. The summed E-state index contributed by atoms with van der Waals surface area (Å²) >= 11 is 0.